The van der Waals surface area contributed by atoms with Crippen LogP contribution in [-0.2, 0) is 9.53 Å². The lowest BCUT2D eigenvalue weighted by Gasteiger charge is -2.33. The third-order valence-electron chi connectivity index (χ3n) is 6.40. The molecule has 2 rings (SSSR count). The second-order valence-electron chi connectivity index (χ2n) is 8.69. The van der Waals surface area contributed by atoms with Crippen LogP contribution in [0.4, 0.5) is 0 Å². The number of rotatable bonds is 9. The Labute approximate surface area is 163 Å². The number of carbonyl (C=O) groups excluding carboxylic acids is 1. The summed E-state index contributed by atoms with van der Waals surface area (Å²) < 4.78 is 5.30. The molecule has 0 saturated heterocycles. The van der Waals surface area contributed by atoms with Crippen molar-refractivity contribution >= 4 is 5.78 Å². The van der Waals surface area contributed by atoms with E-state index in [2.05, 4.69) is 13.0 Å². The summed E-state index contributed by atoms with van der Waals surface area (Å²) >= 11 is 0. The average Bonchev–Trinajstić information content (AvgIpc) is 2.92. The molecule has 2 aliphatic carbocycles. The summed E-state index contributed by atoms with van der Waals surface area (Å²) in [5.41, 5.74) is 0.701. The molecule has 0 unspecified atom stereocenters. The molecule has 154 valence electrons. The van der Waals surface area contributed by atoms with Crippen LogP contribution < -0.4 is 0 Å². The maximum absolute atomic E-state index is 12.4. The highest BCUT2D eigenvalue weighted by atomic mass is 16.5. The average molecular weight is 381 g/mol. The van der Waals surface area contributed by atoms with Crippen molar-refractivity contribution in [3.05, 3.63) is 23.0 Å². The van der Waals surface area contributed by atoms with Crippen LogP contribution in [0.1, 0.15) is 65.7 Å². The minimum atomic E-state index is -0.907. The normalized spacial score (nSPS) is 31.2. The molecule has 0 heterocycles. The van der Waals surface area contributed by atoms with E-state index >= 15 is 0 Å². The highest BCUT2D eigenvalue weighted by Crippen LogP contribution is 2.45. The Morgan fingerprint density at radius 1 is 1.33 bits per heavy atom. The molecule has 0 aromatic heterocycles. The van der Waals surface area contributed by atoms with E-state index in [0.717, 1.165) is 19.3 Å². The number of carbonyl (C=O) groups is 1. The Morgan fingerprint density at radius 3 is 2.67 bits per heavy atom. The summed E-state index contributed by atoms with van der Waals surface area (Å²) in [5, 5.41) is 30.6. The van der Waals surface area contributed by atoms with Crippen LogP contribution in [0.25, 0.3) is 0 Å². The second kappa shape index (κ2) is 9.35. The van der Waals surface area contributed by atoms with Gasteiger partial charge in [-0.1, -0.05) is 31.9 Å². The van der Waals surface area contributed by atoms with Gasteiger partial charge in [0.1, 0.15) is 11.9 Å². The summed E-state index contributed by atoms with van der Waals surface area (Å²) in [6.45, 7) is 6.24. The molecule has 2 aliphatic rings. The second-order valence-corrected chi connectivity index (χ2v) is 8.69. The van der Waals surface area contributed by atoms with Gasteiger partial charge in [-0.25, -0.2) is 0 Å². The van der Waals surface area contributed by atoms with Gasteiger partial charge in [0.05, 0.1) is 5.60 Å². The zero-order chi connectivity index (χ0) is 20.2. The summed E-state index contributed by atoms with van der Waals surface area (Å²) in [4.78, 5) is 12.4. The van der Waals surface area contributed by atoms with Gasteiger partial charge >= 0.3 is 0 Å². The summed E-state index contributed by atoms with van der Waals surface area (Å²) in [6.07, 6.45) is 6.50. The maximum atomic E-state index is 12.4. The number of aliphatic hydroxyl groups excluding tert-OH is 2. The molecule has 0 aliphatic heterocycles. The number of Topliss-reactive ketones (excluding diaryl/α,β-unsaturated/α-hetero) is 1. The van der Waals surface area contributed by atoms with Gasteiger partial charge in [0, 0.05) is 31.6 Å². The van der Waals surface area contributed by atoms with E-state index in [1.54, 1.807) is 7.11 Å². The fourth-order valence-corrected chi connectivity index (χ4v) is 4.42. The van der Waals surface area contributed by atoms with Gasteiger partial charge in [-0.2, -0.15) is 0 Å². The molecule has 0 spiro atoms. The summed E-state index contributed by atoms with van der Waals surface area (Å²) in [5.74, 6) is 0.447. The standard InChI is InChI=1S/C22H36O5/c1-14(13-23)6-5-7-15(2)16-10-11-22(3,26)18(16)12-17-19(24)8-9-20(27-4)21(17)25/h10,14-15,18,20,23,25-26H,5-9,11-13H2,1-4H3/t14-,15+,18+,20+,22-/m0/s1. The molecule has 0 aromatic rings. The first kappa shape index (κ1) is 22.1. The van der Waals surface area contributed by atoms with Gasteiger partial charge in [-0.15, -0.1) is 0 Å². The number of ether oxygens (including phenoxy) is 1. The van der Waals surface area contributed by atoms with E-state index in [-0.39, 0.29) is 24.1 Å². The molecule has 0 fully saturated rings. The van der Waals surface area contributed by atoms with Crippen molar-refractivity contribution < 1.29 is 24.9 Å². The largest absolute Gasteiger partial charge is 0.509 e. The van der Waals surface area contributed by atoms with E-state index in [1.165, 1.54) is 5.57 Å². The number of methoxy groups -OCH3 is 1. The van der Waals surface area contributed by atoms with Crippen LogP contribution in [0.2, 0.25) is 0 Å². The molecule has 5 heteroatoms. The molecule has 27 heavy (non-hydrogen) atoms. The first-order valence-electron chi connectivity index (χ1n) is 10.2. The highest BCUT2D eigenvalue weighted by Gasteiger charge is 2.42. The Balaban J connectivity index is 2.12. The Bertz CT molecular complexity index is 590. The number of aliphatic hydroxyl groups is 3. The highest BCUT2D eigenvalue weighted by molar-refractivity contribution is 5.97. The third-order valence-corrected chi connectivity index (χ3v) is 6.40. The molecule has 0 bridgehead atoms. The first-order chi connectivity index (χ1) is 12.7. The van der Waals surface area contributed by atoms with Crippen molar-refractivity contribution in [2.75, 3.05) is 13.7 Å². The molecular formula is C22H36O5. The van der Waals surface area contributed by atoms with Crippen molar-refractivity contribution in [2.24, 2.45) is 17.8 Å². The monoisotopic (exact) mass is 380 g/mol. The Morgan fingerprint density at radius 2 is 2.04 bits per heavy atom. The van der Waals surface area contributed by atoms with Crippen molar-refractivity contribution in [2.45, 2.75) is 77.4 Å². The van der Waals surface area contributed by atoms with Crippen LogP contribution in [0.3, 0.4) is 0 Å². The Hall–Kier alpha value is -1.17. The minimum Gasteiger partial charge on any atom is -0.509 e. The van der Waals surface area contributed by atoms with Crippen LogP contribution in [0.5, 0.6) is 0 Å². The molecular weight excluding hydrogens is 344 g/mol. The lowest BCUT2D eigenvalue weighted by molar-refractivity contribution is -0.118. The molecule has 0 aromatic carbocycles. The van der Waals surface area contributed by atoms with E-state index in [9.17, 15) is 20.1 Å². The third kappa shape index (κ3) is 5.21. The number of hydrogen-bond acceptors (Lipinski definition) is 5. The Kier molecular flexibility index (Phi) is 7.66. The lowest BCUT2D eigenvalue weighted by Crippen LogP contribution is -2.35. The SMILES string of the molecule is CO[C@@H]1CCC(=O)C(C[C@@H]2C([C@H](C)CCC[C@H](C)CO)=CC[C@]2(C)O)=C1O. The number of hydrogen-bond donors (Lipinski definition) is 3. The van der Waals surface area contributed by atoms with Crippen LogP contribution in [0.15, 0.2) is 23.0 Å². The molecule has 5 nitrogen and oxygen atoms in total. The van der Waals surface area contributed by atoms with E-state index in [4.69, 9.17) is 4.74 Å². The molecule has 3 N–H and O–H groups in total. The fourth-order valence-electron chi connectivity index (χ4n) is 4.42. The smallest absolute Gasteiger partial charge is 0.162 e. The molecule has 0 saturated carbocycles. The van der Waals surface area contributed by atoms with Crippen molar-refractivity contribution in [3.8, 4) is 0 Å². The quantitative estimate of drug-likeness (QED) is 0.531. The predicted molar refractivity (Wildman–Crippen MR) is 105 cm³/mol. The first-order valence-corrected chi connectivity index (χ1v) is 10.2. The van der Waals surface area contributed by atoms with Gasteiger partial charge in [0.15, 0.2) is 5.78 Å². The molecule has 5 atom stereocenters. The van der Waals surface area contributed by atoms with Crippen LogP contribution in [0, 0.1) is 17.8 Å². The van der Waals surface area contributed by atoms with Crippen LogP contribution >= 0.6 is 0 Å². The van der Waals surface area contributed by atoms with E-state index < -0.39 is 11.7 Å². The van der Waals surface area contributed by atoms with E-state index in [1.807, 2.05) is 13.8 Å². The van der Waals surface area contributed by atoms with E-state index in [0.29, 0.717) is 43.1 Å². The summed E-state index contributed by atoms with van der Waals surface area (Å²) in [6, 6.07) is 0. The van der Waals surface area contributed by atoms with Crippen molar-refractivity contribution in [1.82, 2.24) is 0 Å². The zero-order valence-electron chi connectivity index (χ0n) is 17.2. The number of ketones is 1. The molecule has 0 radical (unpaired) electrons. The van der Waals surface area contributed by atoms with Gasteiger partial charge in [0.2, 0.25) is 0 Å². The van der Waals surface area contributed by atoms with Crippen LogP contribution in [-0.4, -0.2) is 46.5 Å². The minimum absolute atomic E-state index is 0.0349. The fraction of sp³-hybridized carbons (Fsp3) is 0.773. The zero-order valence-corrected chi connectivity index (χ0v) is 17.2. The van der Waals surface area contributed by atoms with Gasteiger partial charge < -0.3 is 20.1 Å². The molecule has 0 amide bonds. The number of allylic oxidation sites excluding steroid dienone is 1. The summed E-state index contributed by atoms with van der Waals surface area (Å²) in [7, 11) is 1.54. The predicted octanol–water partition coefficient (Wildman–Crippen LogP) is 3.70. The topological polar surface area (TPSA) is 87.0 Å². The van der Waals surface area contributed by atoms with Gasteiger partial charge in [-0.05, 0) is 50.9 Å². The van der Waals surface area contributed by atoms with Gasteiger partial charge in [-0.3, -0.25) is 4.79 Å². The maximum Gasteiger partial charge on any atom is 0.162 e. The lowest BCUT2D eigenvalue weighted by atomic mass is 9.76. The van der Waals surface area contributed by atoms with Crippen molar-refractivity contribution in [3.63, 3.8) is 0 Å². The van der Waals surface area contributed by atoms with Crippen molar-refractivity contribution in [1.29, 1.82) is 0 Å². The van der Waals surface area contributed by atoms with Gasteiger partial charge in [0.25, 0.3) is 0 Å².